The van der Waals surface area contributed by atoms with Crippen molar-refractivity contribution in [1.82, 2.24) is 9.80 Å². The van der Waals surface area contributed by atoms with E-state index in [0.29, 0.717) is 0 Å². The van der Waals surface area contributed by atoms with Gasteiger partial charge in [0.15, 0.2) is 0 Å². The Kier molecular flexibility index (Phi) is 4.99. The molecule has 1 heterocycles. The SMILES string of the molecule is C=CCN1CCN(C(=O)Nc2ccccc2Br)CC1. The molecule has 0 bridgehead atoms. The quantitative estimate of drug-likeness (QED) is 0.868. The number of halogens is 1. The Morgan fingerprint density at radius 1 is 1.32 bits per heavy atom. The summed E-state index contributed by atoms with van der Waals surface area (Å²) < 4.78 is 0.897. The molecule has 0 unspecified atom stereocenters. The van der Waals surface area contributed by atoms with Crippen LogP contribution in [-0.4, -0.2) is 48.6 Å². The molecule has 1 aromatic carbocycles. The molecule has 4 nitrogen and oxygen atoms in total. The Labute approximate surface area is 122 Å². The Hall–Kier alpha value is -1.33. The summed E-state index contributed by atoms with van der Waals surface area (Å²) in [6, 6.07) is 7.59. The third-order valence-corrected chi connectivity index (χ3v) is 3.85. The van der Waals surface area contributed by atoms with Gasteiger partial charge in [-0.3, -0.25) is 4.90 Å². The Balaban J connectivity index is 1.88. The lowest BCUT2D eigenvalue weighted by molar-refractivity contribution is 0.156. The fourth-order valence-electron chi connectivity index (χ4n) is 2.07. The number of carbonyl (C=O) groups excluding carboxylic acids is 1. The number of nitrogens with zero attached hydrogens (tertiary/aromatic N) is 2. The van der Waals surface area contributed by atoms with Crippen LogP contribution >= 0.6 is 15.9 Å². The molecule has 1 saturated heterocycles. The number of anilines is 1. The predicted octanol–water partition coefficient (Wildman–Crippen LogP) is 2.78. The molecule has 1 aliphatic rings. The average molecular weight is 324 g/mol. The van der Waals surface area contributed by atoms with Crippen molar-refractivity contribution in [1.29, 1.82) is 0 Å². The number of benzene rings is 1. The van der Waals surface area contributed by atoms with Crippen LogP contribution in [0.15, 0.2) is 41.4 Å². The van der Waals surface area contributed by atoms with Gasteiger partial charge in [0.25, 0.3) is 0 Å². The van der Waals surface area contributed by atoms with Gasteiger partial charge in [0.2, 0.25) is 0 Å². The second-order valence-electron chi connectivity index (χ2n) is 4.49. The number of rotatable bonds is 3. The smallest absolute Gasteiger partial charge is 0.321 e. The van der Waals surface area contributed by atoms with E-state index in [0.717, 1.165) is 42.9 Å². The highest BCUT2D eigenvalue weighted by Crippen LogP contribution is 2.21. The zero-order chi connectivity index (χ0) is 13.7. The topological polar surface area (TPSA) is 35.6 Å². The summed E-state index contributed by atoms with van der Waals surface area (Å²) in [6.07, 6.45) is 1.90. The van der Waals surface area contributed by atoms with Crippen LogP contribution in [0, 0.1) is 0 Å². The number of urea groups is 1. The Morgan fingerprint density at radius 3 is 2.63 bits per heavy atom. The first-order chi connectivity index (χ1) is 9.20. The number of para-hydroxylation sites is 1. The summed E-state index contributed by atoms with van der Waals surface area (Å²) >= 11 is 3.43. The summed E-state index contributed by atoms with van der Waals surface area (Å²) in [7, 11) is 0. The third-order valence-electron chi connectivity index (χ3n) is 3.16. The molecule has 2 amide bonds. The number of hydrogen-bond acceptors (Lipinski definition) is 2. The first-order valence-corrected chi connectivity index (χ1v) is 7.13. The molecular weight excluding hydrogens is 306 g/mol. The van der Waals surface area contributed by atoms with Gasteiger partial charge in [-0.15, -0.1) is 6.58 Å². The molecular formula is C14H18BrN3O. The molecule has 2 rings (SSSR count). The minimum atomic E-state index is -0.0369. The molecule has 1 fully saturated rings. The van der Waals surface area contributed by atoms with Crippen LogP contribution in [0.2, 0.25) is 0 Å². The van der Waals surface area contributed by atoms with Crippen molar-refractivity contribution in [2.45, 2.75) is 0 Å². The van der Waals surface area contributed by atoms with Crippen LogP contribution in [-0.2, 0) is 0 Å². The van der Waals surface area contributed by atoms with Crippen molar-refractivity contribution in [2.24, 2.45) is 0 Å². The molecule has 5 heteroatoms. The van der Waals surface area contributed by atoms with Gasteiger partial charge in [0, 0.05) is 37.2 Å². The van der Waals surface area contributed by atoms with Crippen LogP contribution in [0.5, 0.6) is 0 Å². The van der Waals surface area contributed by atoms with E-state index in [2.05, 4.69) is 32.7 Å². The number of amides is 2. The minimum Gasteiger partial charge on any atom is -0.322 e. The molecule has 102 valence electrons. The van der Waals surface area contributed by atoms with Crippen LogP contribution in [0.1, 0.15) is 0 Å². The summed E-state index contributed by atoms with van der Waals surface area (Å²) in [5.41, 5.74) is 0.807. The number of nitrogens with one attached hydrogen (secondary N) is 1. The Bertz CT molecular complexity index is 456. The second-order valence-corrected chi connectivity index (χ2v) is 5.34. The van der Waals surface area contributed by atoms with Crippen LogP contribution in [0.3, 0.4) is 0 Å². The van der Waals surface area contributed by atoms with Gasteiger partial charge >= 0.3 is 6.03 Å². The minimum absolute atomic E-state index is 0.0369. The van der Waals surface area contributed by atoms with E-state index in [1.54, 1.807) is 0 Å². The molecule has 0 spiro atoms. The molecule has 1 aliphatic heterocycles. The van der Waals surface area contributed by atoms with E-state index in [1.807, 2.05) is 35.2 Å². The molecule has 19 heavy (non-hydrogen) atoms. The van der Waals surface area contributed by atoms with Crippen LogP contribution in [0.4, 0.5) is 10.5 Å². The standard InChI is InChI=1S/C14H18BrN3O/c1-2-7-17-8-10-18(11-9-17)14(19)16-13-6-4-3-5-12(13)15/h2-6H,1,7-11H2,(H,16,19). The third kappa shape index (κ3) is 3.81. The van der Waals surface area contributed by atoms with Crippen molar-refractivity contribution in [3.05, 3.63) is 41.4 Å². The fourth-order valence-corrected chi connectivity index (χ4v) is 2.46. The summed E-state index contributed by atoms with van der Waals surface area (Å²) in [4.78, 5) is 16.3. The lowest BCUT2D eigenvalue weighted by Crippen LogP contribution is -2.49. The van der Waals surface area contributed by atoms with Crippen molar-refractivity contribution >= 4 is 27.6 Å². The Morgan fingerprint density at radius 2 is 2.00 bits per heavy atom. The van der Waals surface area contributed by atoms with Gasteiger partial charge in [-0.25, -0.2) is 4.79 Å². The monoisotopic (exact) mass is 323 g/mol. The van der Waals surface area contributed by atoms with E-state index in [-0.39, 0.29) is 6.03 Å². The molecule has 0 aliphatic carbocycles. The number of hydrogen-bond donors (Lipinski definition) is 1. The van der Waals surface area contributed by atoms with Gasteiger partial charge in [-0.05, 0) is 28.1 Å². The van der Waals surface area contributed by atoms with Crippen molar-refractivity contribution < 1.29 is 4.79 Å². The number of piperazine rings is 1. The molecule has 0 aromatic heterocycles. The molecule has 0 saturated carbocycles. The maximum absolute atomic E-state index is 12.1. The highest BCUT2D eigenvalue weighted by molar-refractivity contribution is 9.10. The first-order valence-electron chi connectivity index (χ1n) is 6.34. The van der Waals surface area contributed by atoms with Crippen molar-refractivity contribution in [3.63, 3.8) is 0 Å². The fraction of sp³-hybridized carbons (Fsp3) is 0.357. The predicted molar refractivity (Wildman–Crippen MR) is 81.4 cm³/mol. The maximum atomic E-state index is 12.1. The molecule has 0 atom stereocenters. The van der Waals surface area contributed by atoms with Gasteiger partial charge in [-0.2, -0.15) is 0 Å². The average Bonchev–Trinajstić information content (AvgIpc) is 2.42. The molecule has 1 N–H and O–H groups in total. The van der Waals surface area contributed by atoms with E-state index in [4.69, 9.17) is 0 Å². The van der Waals surface area contributed by atoms with Gasteiger partial charge in [0.05, 0.1) is 5.69 Å². The van der Waals surface area contributed by atoms with Gasteiger partial charge in [-0.1, -0.05) is 18.2 Å². The second kappa shape index (κ2) is 6.73. The van der Waals surface area contributed by atoms with Crippen molar-refractivity contribution in [2.75, 3.05) is 38.0 Å². The van der Waals surface area contributed by atoms with Gasteiger partial charge < -0.3 is 10.2 Å². The highest BCUT2D eigenvalue weighted by atomic mass is 79.9. The zero-order valence-corrected chi connectivity index (χ0v) is 12.4. The van der Waals surface area contributed by atoms with E-state index < -0.39 is 0 Å². The van der Waals surface area contributed by atoms with E-state index in [1.165, 1.54) is 0 Å². The largest absolute Gasteiger partial charge is 0.322 e. The van der Waals surface area contributed by atoms with Crippen molar-refractivity contribution in [3.8, 4) is 0 Å². The summed E-state index contributed by atoms with van der Waals surface area (Å²) in [6.45, 7) is 7.93. The zero-order valence-electron chi connectivity index (χ0n) is 10.8. The molecule has 0 radical (unpaired) electrons. The maximum Gasteiger partial charge on any atom is 0.321 e. The van der Waals surface area contributed by atoms with E-state index in [9.17, 15) is 4.79 Å². The lowest BCUT2D eigenvalue weighted by Gasteiger charge is -2.34. The van der Waals surface area contributed by atoms with Gasteiger partial charge in [0.1, 0.15) is 0 Å². The normalized spacial score (nSPS) is 16.2. The highest BCUT2D eigenvalue weighted by Gasteiger charge is 2.20. The first kappa shape index (κ1) is 14.1. The van der Waals surface area contributed by atoms with Crippen LogP contribution < -0.4 is 5.32 Å². The van der Waals surface area contributed by atoms with Crippen LogP contribution in [0.25, 0.3) is 0 Å². The lowest BCUT2D eigenvalue weighted by atomic mass is 10.3. The summed E-state index contributed by atoms with van der Waals surface area (Å²) in [5.74, 6) is 0. The molecule has 1 aromatic rings. The van der Waals surface area contributed by atoms with E-state index >= 15 is 0 Å². The number of carbonyl (C=O) groups is 1. The summed E-state index contributed by atoms with van der Waals surface area (Å²) in [5, 5.41) is 2.93.